The van der Waals surface area contributed by atoms with Crippen LogP contribution in [-0.2, 0) is 20.9 Å². The number of hydrogen-bond donors (Lipinski definition) is 2. The minimum Gasteiger partial charge on any atom is -0.503 e. The number of carbonyl (C=O) groups excluding carboxylic acids is 4. The molecule has 7 heterocycles. The number of β-lactam (4-membered cyclic amide) rings is 1. The third-order valence-corrected chi connectivity index (χ3v) is 15.5. The number of pyridine rings is 1. The molecule has 66 heavy (non-hydrogen) atoms. The number of halogens is 2. The molecule has 0 radical (unpaired) electrons. The van der Waals surface area contributed by atoms with Crippen LogP contribution in [0, 0.1) is 28.9 Å². The highest BCUT2D eigenvalue weighted by Gasteiger charge is 2.61. The number of benzene rings is 2. The van der Waals surface area contributed by atoms with Crippen LogP contribution in [0.4, 0.5) is 26.0 Å². The normalized spacial score (nSPS) is 23.3. The van der Waals surface area contributed by atoms with Crippen molar-refractivity contribution < 1.29 is 42.5 Å². The minimum atomic E-state index is -0.849. The first-order chi connectivity index (χ1) is 31.9. The molecule has 6 aliphatic rings. The first-order valence-corrected chi connectivity index (χ1v) is 23.7. The molecule has 4 amide bonds. The van der Waals surface area contributed by atoms with Crippen LogP contribution in [0.1, 0.15) is 92.7 Å². The molecule has 6 aliphatic heterocycles. The number of phenols is 1. The summed E-state index contributed by atoms with van der Waals surface area (Å²) in [7, 11) is 3.05. The van der Waals surface area contributed by atoms with Crippen LogP contribution < -0.4 is 29.5 Å². The van der Waals surface area contributed by atoms with E-state index in [1.165, 1.54) is 35.1 Å². The Morgan fingerprint density at radius 3 is 2.02 bits per heavy atom. The van der Waals surface area contributed by atoms with E-state index in [0.717, 1.165) is 95.5 Å². The first-order valence-electron chi connectivity index (χ1n) is 23.7. The summed E-state index contributed by atoms with van der Waals surface area (Å²) in [5, 5.41) is 13.0. The Kier molecular flexibility index (Phi) is 12.9. The van der Waals surface area contributed by atoms with E-state index in [-0.39, 0.29) is 42.3 Å². The number of aromatic hydroxyl groups is 1. The van der Waals surface area contributed by atoms with Gasteiger partial charge in [0.25, 0.3) is 5.91 Å². The lowest BCUT2D eigenvalue weighted by Crippen LogP contribution is -2.63. The SMILES string of the molecule is CCC1(CC)C(=O)N(c2cccc(F)c2O)[C@H]1c1cc(F)c(N2CCC(CN3CCN(CC4CCN(c5cc6c(c(OC)n5)C(=O)N([C@H]5CCC(=O)NC5=O)C6)CC4)CC3)CC2)cc1OC. The van der Waals surface area contributed by atoms with Crippen LogP contribution >= 0.6 is 0 Å². The van der Waals surface area contributed by atoms with Gasteiger partial charge in [-0.05, 0) is 86.6 Å². The van der Waals surface area contributed by atoms with E-state index in [1.54, 1.807) is 13.2 Å². The Hall–Kier alpha value is -5.55. The van der Waals surface area contributed by atoms with Gasteiger partial charge in [0.1, 0.15) is 29.0 Å². The number of piperidine rings is 3. The van der Waals surface area contributed by atoms with E-state index in [9.17, 15) is 28.7 Å². The fraction of sp³-hybridized carbons (Fsp3) is 0.571. The van der Waals surface area contributed by atoms with Crippen LogP contribution in [-0.4, -0.2) is 134 Å². The second-order valence-corrected chi connectivity index (χ2v) is 19.0. The standard InChI is InChI=1S/C49H62F2N8O7/c1-5-49(6-2)44(59(48(49)64)36-9-7-8-34(50)43(36)61)33-25-35(51)38(26-39(33)65-3)56-16-12-30(13-17-56)27-54-20-22-55(23-21-54)28-31-14-18-57(19-15-31)40-24-32-29-58(37-10-11-41(60)53-45(37)62)47(63)42(32)46(52-40)66-4/h7-9,24-26,30-31,37,44,61H,5-6,10-23,27-29H2,1-4H3,(H,53,60,62)/t37-,44-/m0/s1. The number of hydrogen-bond acceptors (Lipinski definition) is 12. The molecule has 0 saturated carbocycles. The molecule has 2 aromatic carbocycles. The van der Waals surface area contributed by atoms with Crippen LogP contribution in [0.15, 0.2) is 36.4 Å². The lowest BCUT2D eigenvalue weighted by molar-refractivity contribution is -0.141. The summed E-state index contributed by atoms with van der Waals surface area (Å²) in [5.41, 5.74) is 1.37. The molecular formula is C49H62F2N8O7. The van der Waals surface area contributed by atoms with Gasteiger partial charge >= 0.3 is 0 Å². The molecule has 0 spiro atoms. The van der Waals surface area contributed by atoms with E-state index in [0.29, 0.717) is 66.8 Å². The first kappa shape index (κ1) is 45.6. The maximum absolute atomic E-state index is 16.3. The molecule has 2 atom stereocenters. The van der Waals surface area contributed by atoms with Crippen molar-refractivity contribution in [2.45, 2.75) is 83.8 Å². The number of carbonyl (C=O) groups is 4. The zero-order valence-electron chi connectivity index (χ0n) is 38.5. The second-order valence-electron chi connectivity index (χ2n) is 19.0. The van der Waals surface area contributed by atoms with Gasteiger partial charge in [-0.2, -0.15) is 4.98 Å². The number of para-hydroxylation sites is 1. The number of ether oxygens (including phenoxy) is 2. The van der Waals surface area contributed by atoms with E-state index in [2.05, 4.69) is 24.9 Å². The maximum atomic E-state index is 16.3. The van der Waals surface area contributed by atoms with Gasteiger partial charge in [-0.25, -0.2) is 8.78 Å². The molecule has 0 bridgehead atoms. The van der Waals surface area contributed by atoms with Crippen LogP contribution in [0.5, 0.6) is 17.4 Å². The van der Waals surface area contributed by atoms with Crippen LogP contribution in [0.3, 0.4) is 0 Å². The number of phenolic OH excluding ortho intramolecular Hbond substituents is 1. The number of fused-ring (bicyclic) bond motifs is 1. The van der Waals surface area contributed by atoms with Crippen LogP contribution in [0.25, 0.3) is 0 Å². The van der Waals surface area contributed by atoms with Gasteiger partial charge in [0.2, 0.25) is 23.6 Å². The van der Waals surface area contributed by atoms with Crippen molar-refractivity contribution in [3.8, 4) is 17.4 Å². The van der Waals surface area contributed by atoms with Crippen molar-refractivity contribution in [2.24, 2.45) is 17.3 Å². The predicted molar refractivity (Wildman–Crippen MR) is 244 cm³/mol. The number of rotatable bonds is 13. The largest absolute Gasteiger partial charge is 0.503 e. The van der Waals surface area contributed by atoms with E-state index < -0.39 is 40.8 Å². The zero-order valence-corrected chi connectivity index (χ0v) is 38.5. The fourth-order valence-corrected chi connectivity index (χ4v) is 11.6. The Labute approximate surface area is 385 Å². The van der Waals surface area contributed by atoms with Crippen molar-refractivity contribution in [3.63, 3.8) is 0 Å². The molecule has 9 rings (SSSR count). The summed E-state index contributed by atoms with van der Waals surface area (Å²) >= 11 is 0. The average Bonchev–Trinajstić information content (AvgIpc) is 3.66. The molecule has 5 fully saturated rings. The number of anilines is 3. The highest BCUT2D eigenvalue weighted by atomic mass is 19.1. The van der Waals surface area contributed by atoms with Gasteiger partial charge in [0.15, 0.2) is 11.6 Å². The Bertz CT molecular complexity index is 2360. The number of nitrogens with zero attached hydrogens (tertiary/aromatic N) is 7. The number of aromatic nitrogens is 1. The number of methoxy groups -OCH3 is 2. The average molecular weight is 913 g/mol. The van der Waals surface area contributed by atoms with Gasteiger partial charge in [0.05, 0.1) is 37.1 Å². The van der Waals surface area contributed by atoms with Crippen molar-refractivity contribution >= 4 is 40.8 Å². The lowest BCUT2D eigenvalue weighted by Gasteiger charge is -2.56. The van der Waals surface area contributed by atoms with Gasteiger partial charge in [-0.1, -0.05) is 19.9 Å². The summed E-state index contributed by atoms with van der Waals surface area (Å²) in [5.74, 6) is -0.524. The maximum Gasteiger partial charge on any atom is 0.260 e. The quantitative estimate of drug-likeness (QED) is 0.165. The van der Waals surface area contributed by atoms with Crippen molar-refractivity contribution in [3.05, 3.63) is 64.7 Å². The monoisotopic (exact) mass is 912 g/mol. The minimum absolute atomic E-state index is 0.0623. The topological polar surface area (TPSA) is 151 Å². The zero-order chi connectivity index (χ0) is 46.4. The summed E-state index contributed by atoms with van der Waals surface area (Å²) in [6.45, 7) is 13.4. The number of piperazine rings is 1. The van der Waals surface area contributed by atoms with Crippen LogP contribution in [0.2, 0.25) is 0 Å². The van der Waals surface area contributed by atoms with Crippen molar-refractivity contribution in [2.75, 3.05) is 94.4 Å². The van der Waals surface area contributed by atoms with Crippen molar-refractivity contribution in [1.82, 2.24) is 25.0 Å². The van der Waals surface area contributed by atoms with E-state index in [4.69, 9.17) is 14.5 Å². The van der Waals surface area contributed by atoms with Crippen molar-refractivity contribution in [1.29, 1.82) is 0 Å². The molecule has 1 aromatic heterocycles. The Morgan fingerprint density at radius 2 is 1.42 bits per heavy atom. The fourth-order valence-electron chi connectivity index (χ4n) is 11.6. The molecule has 15 nitrogen and oxygen atoms in total. The van der Waals surface area contributed by atoms with Gasteiger partial charge in [-0.15, -0.1) is 0 Å². The smallest absolute Gasteiger partial charge is 0.260 e. The molecule has 2 N–H and O–H groups in total. The number of imide groups is 1. The summed E-state index contributed by atoms with van der Waals surface area (Å²) < 4.78 is 42.2. The van der Waals surface area contributed by atoms with Gasteiger partial charge < -0.3 is 39.1 Å². The number of amides is 4. The van der Waals surface area contributed by atoms with E-state index in [1.807, 2.05) is 19.9 Å². The van der Waals surface area contributed by atoms with Gasteiger partial charge in [-0.3, -0.25) is 29.4 Å². The van der Waals surface area contributed by atoms with Gasteiger partial charge in [0, 0.05) is 90.0 Å². The third-order valence-electron chi connectivity index (χ3n) is 15.5. The molecule has 0 aliphatic carbocycles. The Morgan fingerprint density at radius 1 is 0.788 bits per heavy atom. The van der Waals surface area contributed by atoms with E-state index >= 15 is 4.39 Å². The lowest BCUT2D eigenvalue weighted by atomic mass is 9.64. The second kappa shape index (κ2) is 18.6. The molecular weight excluding hydrogens is 851 g/mol. The summed E-state index contributed by atoms with van der Waals surface area (Å²) in [6, 6.07) is 7.93. The molecule has 354 valence electrons. The predicted octanol–water partition coefficient (Wildman–Crippen LogP) is 5.49. The molecule has 3 aromatic rings. The highest BCUT2D eigenvalue weighted by molar-refractivity contribution is 6.08. The number of nitrogens with one attached hydrogen (secondary N) is 1. The highest BCUT2D eigenvalue weighted by Crippen LogP contribution is 2.59. The molecule has 0 unspecified atom stereocenters. The Balaban J connectivity index is 0.748. The summed E-state index contributed by atoms with van der Waals surface area (Å²) in [4.78, 5) is 68.7. The third kappa shape index (κ3) is 8.19. The molecule has 5 saturated heterocycles. The summed E-state index contributed by atoms with van der Waals surface area (Å²) in [6.07, 6.45) is 5.44. The molecule has 17 heteroatoms.